The summed E-state index contributed by atoms with van der Waals surface area (Å²) in [6.07, 6.45) is 0. The molecule has 0 unspecified atom stereocenters. The molecule has 4 heteroatoms. The van der Waals surface area contributed by atoms with Crippen LogP contribution in [0.4, 0.5) is 11.4 Å². The Balaban J connectivity index is 2.01. The zero-order valence-electron chi connectivity index (χ0n) is 12.3. The number of benzene rings is 3. The van der Waals surface area contributed by atoms with Gasteiger partial charge in [0.1, 0.15) is 6.04 Å². The van der Waals surface area contributed by atoms with Crippen LogP contribution in [0.25, 0.3) is 0 Å². The molecule has 0 aliphatic carbocycles. The highest BCUT2D eigenvalue weighted by molar-refractivity contribution is 5.59. The summed E-state index contributed by atoms with van der Waals surface area (Å²) in [6, 6.07) is 27.0. The molecule has 0 fully saturated rings. The van der Waals surface area contributed by atoms with Crippen molar-refractivity contribution in [2.24, 2.45) is 0 Å². The highest BCUT2D eigenvalue weighted by Gasteiger charge is 2.18. The molecule has 0 aliphatic rings. The van der Waals surface area contributed by atoms with Gasteiger partial charge >= 0.3 is 0 Å². The fourth-order valence-corrected chi connectivity index (χ4v) is 2.36. The van der Waals surface area contributed by atoms with Crippen molar-refractivity contribution in [3.63, 3.8) is 0 Å². The lowest BCUT2D eigenvalue weighted by Crippen LogP contribution is -2.13. The first-order valence-corrected chi connectivity index (χ1v) is 7.23. The Morgan fingerprint density at radius 3 is 2.04 bits per heavy atom. The van der Waals surface area contributed by atoms with Crippen molar-refractivity contribution in [3.05, 3.63) is 112 Å². The first kappa shape index (κ1) is 14.8. The molecule has 3 rings (SSSR count). The minimum atomic E-state index is -0.380. The molecule has 3 aromatic rings. The number of nitro benzene ring substituents is 1. The van der Waals surface area contributed by atoms with Crippen molar-refractivity contribution in [2.75, 3.05) is 5.32 Å². The summed E-state index contributed by atoms with van der Waals surface area (Å²) in [5, 5.41) is 14.4. The van der Waals surface area contributed by atoms with E-state index in [2.05, 4.69) is 5.32 Å². The van der Waals surface area contributed by atoms with Crippen molar-refractivity contribution < 1.29 is 4.92 Å². The number of para-hydroxylation sites is 1. The van der Waals surface area contributed by atoms with Crippen LogP contribution in [0.15, 0.2) is 84.9 Å². The second-order valence-electron chi connectivity index (χ2n) is 5.04. The van der Waals surface area contributed by atoms with Gasteiger partial charge in [-0.2, -0.15) is 0 Å². The van der Waals surface area contributed by atoms with Crippen molar-refractivity contribution in [1.82, 2.24) is 0 Å². The number of rotatable bonds is 5. The molecule has 1 N–H and O–H groups in total. The van der Waals surface area contributed by atoms with E-state index in [9.17, 15) is 10.1 Å². The number of non-ortho nitro benzene ring substituents is 1. The maximum Gasteiger partial charge on any atom is 0.269 e. The molecule has 0 bridgehead atoms. The largest absolute Gasteiger partial charge is 0.369 e. The first-order valence-electron chi connectivity index (χ1n) is 7.23. The summed E-state index contributed by atoms with van der Waals surface area (Å²) in [7, 11) is 0. The van der Waals surface area contributed by atoms with Gasteiger partial charge in [-0.1, -0.05) is 60.7 Å². The zero-order valence-corrected chi connectivity index (χ0v) is 12.3. The molecule has 113 valence electrons. The van der Waals surface area contributed by atoms with Gasteiger partial charge in [0, 0.05) is 17.8 Å². The highest BCUT2D eigenvalue weighted by Crippen LogP contribution is 2.27. The van der Waals surface area contributed by atoms with E-state index in [1.807, 2.05) is 66.7 Å². The van der Waals surface area contributed by atoms with Gasteiger partial charge in [0.15, 0.2) is 0 Å². The van der Waals surface area contributed by atoms with Gasteiger partial charge in [-0.15, -0.1) is 0 Å². The summed E-state index contributed by atoms with van der Waals surface area (Å²) < 4.78 is 0. The van der Waals surface area contributed by atoms with Gasteiger partial charge in [-0.3, -0.25) is 10.1 Å². The lowest BCUT2D eigenvalue weighted by molar-refractivity contribution is -0.384. The third-order valence-corrected chi connectivity index (χ3v) is 3.45. The minimum Gasteiger partial charge on any atom is -0.369 e. The standard InChI is InChI=1S/C19H15N2O2/c22-21(23)18-13-7-10-16(14-18)19(15-8-3-1-4-9-15)20-17-11-5-2-6-12-17/h1-14,20H. The van der Waals surface area contributed by atoms with Gasteiger partial charge in [-0.05, 0) is 23.3 Å². The Morgan fingerprint density at radius 2 is 1.39 bits per heavy atom. The van der Waals surface area contributed by atoms with Gasteiger partial charge in [0.2, 0.25) is 0 Å². The number of hydrogen-bond donors (Lipinski definition) is 1. The first-order chi connectivity index (χ1) is 11.2. The fourth-order valence-electron chi connectivity index (χ4n) is 2.36. The molecular weight excluding hydrogens is 288 g/mol. The average molecular weight is 303 g/mol. The fraction of sp³-hybridized carbons (Fsp3) is 0. The topological polar surface area (TPSA) is 55.2 Å². The molecule has 0 saturated carbocycles. The van der Waals surface area contributed by atoms with Crippen LogP contribution in [0, 0.1) is 16.2 Å². The van der Waals surface area contributed by atoms with E-state index in [-0.39, 0.29) is 10.6 Å². The third-order valence-electron chi connectivity index (χ3n) is 3.45. The molecule has 4 nitrogen and oxygen atoms in total. The van der Waals surface area contributed by atoms with Crippen LogP contribution in [0.5, 0.6) is 0 Å². The number of nitrogens with zero attached hydrogens (tertiary/aromatic N) is 1. The van der Waals surface area contributed by atoms with Crippen molar-refractivity contribution in [3.8, 4) is 0 Å². The van der Waals surface area contributed by atoms with E-state index in [0.717, 1.165) is 22.9 Å². The van der Waals surface area contributed by atoms with Gasteiger partial charge in [0.25, 0.3) is 5.69 Å². The van der Waals surface area contributed by atoms with Gasteiger partial charge < -0.3 is 5.32 Å². The molecule has 0 heterocycles. The molecule has 3 aromatic carbocycles. The van der Waals surface area contributed by atoms with Crippen molar-refractivity contribution >= 4 is 11.4 Å². The van der Waals surface area contributed by atoms with E-state index in [4.69, 9.17) is 0 Å². The van der Waals surface area contributed by atoms with Crippen LogP contribution in [0.2, 0.25) is 0 Å². The smallest absolute Gasteiger partial charge is 0.269 e. The van der Waals surface area contributed by atoms with Gasteiger partial charge in [-0.25, -0.2) is 0 Å². The van der Waals surface area contributed by atoms with Crippen LogP contribution in [-0.2, 0) is 0 Å². The van der Waals surface area contributed by atoms with Crippen LogP contribution >= 0.6 is 0 Å². The lowest BCUT2D eigenvalue weighted by Gasteiger charge is -2.19. The molecular formula is C19H15N2O2. The van der Waals surface area contributed by atoms with Crippen LogP contribution in [-0.4, -0.2) is 4.92 Å². The molecule has 0 atom stereocenters. The molecule has 0 aromatic heterocycles. The molecule has 0 spiro atoms. The Hall–Kier alpha value is -3.14. The number of anilines is 1. The van der Waals surface area contributed by atoms with Crippen LogP contribution in [0.3, 0.4) is 0 Å². The predicted molar refractivity (Wildman–Crippen MR) is 91.1 cm³/mol. The van der Waals surface area contributed by atoms with Crippen molar-refractivity contribution in [1.29, 1.82) is 0 Å². The number of nitro groups is 1. The van der Waals surface area contributed by atoms with E-state index < -0.39 is 0 Å². The molecule has 0 amide bonds. The average Bonchev–Trinajstić information content (AvgIpc) is 2.61. The third kappa shape index (κ3) is 3.55. The SMILES string of the molecule is O=[N+]([O-])c1cccc([C](Nc2ccccc2)c2ccccc2)c1. The van der Waals surface area contributed by atoms with Crippen LogP contribution in [0.1, 0.15) is 11.1 Å². The normalized spacial score (nSPS) is 10.5. The van der Waals surface area contributed by atoms with Gasteiger partial charge in [0.05, 0.1) is 4.92 Å². The summed E-state index contributed by atoms with van der Waals surface area (Å²) in [4.78, 5) is 10.7. The Kier molecular flexibility index (Phi) is 4.34. The van der Waals surface area contributed by atoms with E-state index in [1.165, 1.54) is 6.07 Å². The summed E-state index contributed by atoms with van der Waals surface area (Å²) in [6.45, 7) is 0. The quantitative estimate of drug-likeness (QED) is 0.552. The zero-order chi connectivity index (χ0) is 16.1. The second kappa shape index (κ2) is 6.75. The van der Waals surface area contributed by atoms with Crippen molar-refractivity contribution in [2.45, 2.75) is 0 Å². The van der Waals surface area contributed by atoms with E-state index in [1.54, 1.807) is 12.1 Å². The lowest BCUT2D eigenvalue weighted by atomic mass is 9.98. The summed E-state index contributed by atoms with van der Waals surface area (Å²) >= 11 is 0. The summed E-state index contributed by atoms with van der Waals surface area (Å²) in [5.74, 6) is 0. The maximum atomic E-state index is 11.0. The Labute approximate surface area is 134 Å². The Morgan fingerprint density at radius 1 is 0.783 bits per heavy atom. The monoisotopic (exact) mass is 303 g/mol. The predicted octanol–water partition coefficient (Wildman–Crippen LogP) is 4.64. The Bertz CT molecular complexity index is 789. The minimum absolute atomic E-state index is 0.0748. The molecule has 0 saturated heterocycles. The number of hydrogen-bond acceptors (Lipinski definition) is 3. The molecule has 1 radical (unpaired) electrons. The van der Waals surface area contributed by atoms with Crippen LogP contribution < -0.4 is 5.32 Å². The molecule has 0 aliphatic heterocycles. The maximum absolute atomic E-state index is 11.0. The summed E-state index contributed by atoms with van der Waals surface area (Å²) in [5.41, 5.74) is 2.75. The molecule has 23 heavy (non-hydrogen) atoms. The van der Waals surface area contributed by atoms with E-state index in [0.29, 0.717) is 0 Å². The number of nitrogens with one attached hydrogen (secondary N) is 1. The second-order valence-corrected chi connectivity index (χ2v) is 5.04. The highest BCUT2D eigenvalue weighted by atomic mass is 16.6. The van der Waals surface area contributed by atoms with E-state index >= 15 is 0 Å².